The van der Waals surface area contributed by atoms with E-state index in [1.165, 1.54) is 7.11 Å². The minimum Gasteiger partial charge on any atom is -0.508 e. The second-order valence-electron chi connectivity index (χ2n) is 4.68. The molecule has 2 rings (SSSR count). The molecule has 0 aliphatic heterocycles. The zero-order valence-electron chi connectivity index (χ0n) is 10.1. The Morgan fingerprint density at radius 1 is 1.53 bits per heavy atom. The quantitative estimate of drug-likeness (QED) is 0.773. The molecular formula is C13H17NO3. The van der Waals surface area contributed by atoms with E-state index in [0.29, 0.717) is 0 Å². The number of nitrogens with two attached hydrogens (primary N) is 1. The Morgan fingerprint density at radius 2 is 2.18 bits per heavy atom. The van der Waals surface area contributed by atoms with E-state index in [2.05, 4.69) is 4.74 Å². The van der Waals surface area contributed by atoms with E-state index < -0.39 is 17.4 Å². The summed E-state index contributed by atoms with van der Waals surface area (Å²) in [4.78, 5) is 11.5. The first-order valence-electron chi connectivity index (χ1n) is 5.65. The monoisotopic (exact) mass is 235 g/mol. The van der Waals surface area contributed by atoms with Gasteiger partial charge in [0.15, 0.2) is 0 Å². The summed E-state index contributed by atoms with van der Waals surface area (Å²) in [5.74, 6) is -0.218. The molecule has 1 aromatic rings. The summed E-state index contributed by atoms with van der Waals surface area (Å²) in [6.45, 7) is 1.91. The van der Waals surface area contributed by atoms with Crippen LogP contribution in [0, 0.1) is 6.92 Å². The highest BCUT2D eigenvalue weighted by Crippen LogP contribution is 2.53. The van der Waals surface area contributed by atoms with Crippen molar-refractivity contribution in [2.45, 2.75) is 31.2 Å². The molecule has 4 heteroatoms. The van der Waals surface area contributed by atoms with E-state index >= 15 is 0 Å². The van der Waals surface area contributed by atoms with Crippen LogP contribution in [0.3, 0.4) is 0 Å². The number of phenolic OH excluding ortho intramolecular Hbond substituents is 1. The first-order valence-corrected chi connectivity index (χ1v) is 5.65. The highest BCUT2D eigenvalue weighted by Gasteiger charge is 2.53. The van der Waals surface area contributed by atoms with E-state index in [1.807, 2.05) is 19.1 Å². The topological polar surface area (TPSA) is 72.5 Å². The van der Waals surface area contributed by atoms with Crippen molar-refractivity contribution in [1.82, 2.24) is 0 Å². The summed E-state index contributed by atoms with van der Waals surface area (Å²) in [6.07, 6.45) is 1.61. The van der Waals surface area contributed by atoms with Crippen molar-refractivity contribution in [3.63, 3.8) is 0 Å². The second-order valence-corrected chi connectivity index (χ2v) is 4.68. The predicted octanol–water partition coefficient (Wildman–Crippen LogP) is 1.23. The highest BCUT2D eigenvalue weighted by atomic mass is 16.5. The summed E-state index contributed by atoms with van der Waals surface area (Å²) in [5, 5.41) is 9.96. The largest absolute Gasteiger partial charge is 0.508 e. The first kappa shape index (κ1) is 11.9. The van der Waals surface area contributed by atoms with Crippen LogP contribution >= 0.6 is 0 Å². The van der Waals surface area contributed by atoms with Crippen LogP contribution in [0.5, 0.6) is 5.75 Å². The Balaban J connectivity index is 2.36. The van der Waals surface area contributed by atoms with Gasteiger partial charge in [-0.15, -0.1) is 0 Å². The molecule has 3 N–H and O–H groups in total. The Morgan fingerprint density at radius 3 is 2.65 bits per heavy atom. The number of carbonyl (C=O) groups excluding carboxylic acids is 1. The molecule has 92 valence electrons. The summed E-state index contributed by atoms with van der Waals surface area (Å²) in [6, 6.07) is 4.75. The average molecular weight is 235 g/mol. The molecule has 4 nitrogen and oxygen atoms in total. The molecule has 1 aliphatic carbocycles. The maximum absolute atomic E-state index is 11.5. The number of carbonyl (C=O) groups is 1. The van der Waals surface area contributed by atoms with Gasteiger partial charge in [-0.25, -0.2) is 0 Å². The minimum atomic E-state index is -0.707. The molecule has 0 bridgehead atoms. The summed E-state index contributed by atoms with van der Waals surface area (Å²) >= 11 is 0. The number of rotatable bonds is 3. The summed E-state index contributed by atoms with van der Waals surface area (Å²) < 4.78 is 4.68. The van der Waals surface area contributed by atoms with E-state index in [9.17, 15) is 9.90 Å². The van der Waals surface area contributed by atoms with Crippen molar-refractivity contribution < 1.29 is 14.6 Å². The van der Waals surface area contributed by atoms with Crippen LogP contribution < -0.4 is 5.73 Å². The third-order valence-electron chi connectivity index (χ3n) is 3.53. The second kappa shape index (κ2) is 4.04. The lowest BCUT2D eigenvalue weighted by Gasteiger charge is -2.22. The predicted molar refractivity (Wildman–Crippen MR) is 63.7 cm³/mol. The van der Waals surface area contributed by atoms with Crippen LogP contribution in [0.15, 0.2) is 18.2 Å². The number of ether oxygens (including phenoxy) is 1. The fourth-order valence-corrected chi connectivity index (χ4v) is 2.30. The molecule has 17 heavy (non-hydrogen) atoms. The maximum Gasteiger partial charge on any atom is 0.323 e. The van der Waals surface area contributed by atoms with Crippen molar-refractivity contribution in [2.24, 2.45) is 5.73 Å². The van der Waals surface area contributed by atoms with Crippen LogP contribution in [0.1, 0.15) is 24.0 Å². The molecule has 1 aromatic carbocycles. The van der Waals surface area contributed by atoms with Crippen LogP contribution in [0.25, 0.3) is 0 Å². The molecule has 0 aromatic heterocycles. The Hall–Kier alpha value is -1.55. The van der Waals surface area contributed by atoms with Crippen molar-refractivity contribution >= 4 is 5.97 Å². The summed E-state index contributed by atoms with van der Waals surface area (Å²) in [5.41, 5.74) is 7.21. The summed E-state index contributed by atoms with van der Waals surface area (Å²) in [7, 11) is 1.33. The van der Waals surface area contributed by atoms with Gasteiger partial charge in [0.05, 0.1) is 7.11 Å². The van der Waals surface area contributed by atoms with Crippen LogP contribution in [0.2, 0.25) is 0 Å². The fourth-order valence-electron chi connectivity index (χ4n) is 2.30. The smallest absolute Gasteiger partial charge is 0.323 e. The molecule has 1 aliphatic rings. The number of aromatic hydroxyl groups is 1. The molecular weight excluding hydrogens is 218 g/mol. The van der Waals surface area contributed by atoms with Gasteiger partial charge in [0, 0.05) is 11.0 Å². The molecule has 0 radical (unpaired) electrons. The molecule has 1 fully saturated rings. The van der Waals surface area contributed by atoms with Crippen molar-refractivity contribution in [1.29, 1.82) is 0 Å². The third-order valence-corrected chi connectivity index (χ3v) is 3.53. The van der Waals surface area contributed by atoms with Gasteiger partial charge in [-0.3, -0.25) is 4.79 Å². The molecule has 0 saturated heterocycles. The van der Waals surface area contributed by atoms with Crippen molar-refractivity contribution in [2.75, 3.05) is 7.11 Å². The Bertz CT molecular complexity index is 452. The average Bonchev–Trinajstić information content (AvgIpc) is 3.08. The number of hydrogen-bond donors (Lipinski definition) is 2. The number of aryl methyl sites for hydroxylation is 1. The van der Waals surface area contributed by atoms with E-state index in [-0.39, 0.29) is 5.75 Å². The molecule has 0 amide bonds. The van der Waals surface area contributed by atoms with Gasteiger partial charge in [-0.2, -0.15) is 0 Å². The number of esters is 1. The SMILES string of the molecule is COC(=O)C(N)C1(c2ccc(C)cc2O)CC1. The zero-order chi connectivity index (χ0) is 12.6. The molecule has 0 spiro atoms. The third kappa shape index (κ3) is 1.89. The Labute approximate surface area is 100 Å². The van der Waals surface area contributed by atoms with Gasteiger partial charge in [-0.1, -0.05) is 12.1 Å². The molecule has 1 atom stereocenters. The van der Waals surface area contributed by atoms with Crippen molar-refractivity contribution in [3.8, 4) is 5.75 Å². The van der Waals surface area contributed by atoms with E-state index in [1.54, 1.807) is 6.07 Å². The van der Waals surface area contributed by atoms with E-state index in [0.717, 1.165) is 24.0 Å². The lowest BCUT2D eigenvalue weighted by atomic mass is 9.87. The number of methoxy groups -OCH3 is 1. The lowest BCUT2D eigenvalue weighted by molar-refractivity contribution is -0.143. The van der Waals surface area contributed by atoms with Crippen LogP contribution in [-0.4, -0.2) is 24.2 Å². The van der Waals surface area contributed by atoms with Crippen LogP contribution in [-0.2, 0) is 14.9 Å². The van der Waals surface area contributed by atoms with Gasteiger partial charge < -0.3 is 15.6 Å². The first-order chi connectivity index (χ1) is 8.01. The molecule has 1 saturated carbocycles. The molecule has 1 unspecified atom stereocenters. The number of phenols is 1. The number of benzene rings is 1. The minimum absolute atomic E-state index is 0.210. The normalized spacial score (nSPS) is 18.5. The van der Waals surface area contributed by atoms with Gasteiger partial charge in [0.2, 0.25) is 0 Å². The van der Waals surface area contributed by atoms with Crippen LogP contribution in [0.4, 0.5) is 0 Å². The fraction of sp³-hybridized carbons (Fsp3) is 0.462. The van der Waals surface area contributed by atoms with Gasteiger partial charge in [-0.05, 0) is 31.4 Å². The van der Waals surface area contributed by atoms with Crippen molar-refractivity contribution in [3.05, 3.63) is 29.3 Å². The Kier molecular flexibility index (Phi) is 2.83. The molecule has 0 heterocycles. The maximum atomic E-state index is 11.5. The van der Waals surface area contributed by atoms with E-state index in [4.69, 9.17) is 5.73 Å². The van der Waals surface area contributed by atoms with Gasteiger partial charge in [0.25, 0.3) is 0 Å². The number of hydrogen-bond acceptors (Lipinski definition) is 4. The zero-order valence-corrected chi connectivity index (χ0v) is 10.1. The standard InChI is InChI=1S/C13H17NO3/c1-8-3-4-9(10(15)7-8)13(5-6-13)11(14)12(16)17-2/h3-4,7,11,15H,5-6,14H2,1-2H3. The van der Waals surface area contributed by atoms with Gasteiger partial charge >= 0.3 is 5.97 Å². The van der Waals surface area contributed by atoms with Gasteiger partial charge in [0.1, 0.15) is 11.8 Å². The highest BCUT2D eigenvalue weighted by molar-refractivity contribution is 5.79. The lowest BCUT2D eigenvalue weighted by Crippen LogP contribution is -2.42.